The molecular weight excluding hydrogens is 106 g/mol. The van der Waals surface area contributed by atoms with Crippen LogP contribution in [0.4, 0.5) is 0 Å². The first kappa shape index (κ1) is 5.53. The lowest BCUT2D eigenvalue weighted by molar-refractivity contribution is 0.247. The topological polar surface area (TPSA) is 70.6 Å². The van der Waals surface area contributed by atoms with Crippen molar-refractivity contribution in [3.8, 4) is 0 Å². The maximum Gasteiger partial charge on any atom is 0.160 e. The smallest absolute Gasteiger partial charge is 0.160 e. The second-order valence-corrected chi connectivity index (χ2v) is 1.64. The highest BCUT2D eigenvalue weighted by atomic mass is 16.3. The minimum Gasteiger partial charge on any atom is -0.371 e. The Hall–Kier alpha value is -0.610. The number of amidine groups is 1. The minimum atomic E-state index is -0.919. The molecule has 4 heteroatoms. The quantitative estimate of drug-likeness (QED) is 0.355. The van der Waals surface area contributed by atoms with Crippen LogP contribution in [0.5, 0.6) is 0 Å². The van der Waals surface area contributed by atoms with Crippen molar-refractivity contribution in [1.29, 1.82) is 0 Å². The van der Waals surface area contributed by atoms with Gasteiger partial charge in [-0.2, -0.15) is 0 Å². The van der Waals surface area contributed by atoms with E-state index in [9.17, 15) is 0 Å². The first-order chi connectivity index (χ1) is 3.80. The van der Waals surface area contributed by atoms with E-state index in [0.29, 0.717) is 5.84 Å². The molecule has 1 unspecified atom stereocenters. The maximum atomic E-state index is 8.64. The summed E-state index contributed by atoms with van der Waals surface area (Å²) in [5.41, 5.74) is 5.06. The second-order valence-electron chi connectivity index (χ2n) is 1.64. The van der Waals surface area contributed by atoms with E-state index in [1.807, 2.05) is 0 Å². The van der Waals surface area contributed by atoms with Gasteiger partial charge < -0.3 is 10.4 Å². The van der Waals surface area contributed by atoms with Gasteiger partial charge in [0.2, 0.25) is 0 Å². The summed E-state index contributed by atoms with van der Waals surface area (Å²) in [6, 6.07) is 0. The highest BCUT2D eigenvalue weighted by molar-refractivity contribution is 5.86. The molecule has 0 aromatic rings. The molecule has 1 heterocycles. The SMILES string of the molecule is NC(O)C1=NCCN1. The largest absolute Gasteiger partial charge is 0.371 e. The Morgan fingerprint density at radius 2 is 2.62 bits per heavy atom. The lowest BCUT2D eigenvalue weighted by Crippen LogP contribution is -2.37. The molecule has 0 saturated carbocycles. The summed E-state index contributed by atoms with van der Waals surface area (Å²) in [6.45, 7) is 1.52. The molecular formula is C4H9N3O. The van der Waals surface area contributed by atoms with Crippen molar-refractivity contribution in [2.24, 2.45) is 10.7 Å². The van der Waals surface area contributed by atoms with Crippen LogP contribution in [-0.2, 0) is 0 Å². The summed E-state index contributed by atoms with van der Waals surface area (Å²) in [4.78, 5) is 3.87. The molecule has 4 nitrogen and oxygen atoms in total. The first-order valence-corrected chi connectivity index (χ1v) is 2.52. The van der Waals surface area contributed by atoms with Crippen LogP contribution in [0.25, 0.3) is 0 Å². The molecule has 0 aromatic carbocycles. The van der Waals surface area contributed by atoms with Crippen LogP contribution in [-0.4, -0.2) is 30.3 Å². The van der Waals surface area contributed by atoms with E-state index in [0.717, 1.165) is 13.1 Å². The molecule has 0 radical (unpaired) electrons. The van der Waals surface area contributed by atoms with E-state index in [1.54, 1.807) is 0 Å². The molecule has 8 heavy (non-hydrogen) atoms. The van der Waals surface area contributed by atoms with Crippen molar-refractivity contribution in [1.82, 2.24) is 5.32 Å². The number of hydrogen-bond acceptors (Lipinski definition) is 4. The number of hydrogen-bond donors (Lipinski definition) is 3. The Labute approximate surface area is 47.4 Å². The van der Waals surface area contributed by atoms with E-state index in [2.05, 4.69) is 10.3 Å². The van der Waals surface area contributed by atoms with Gasteiger partial charge in [0.25, 0.3) is 0 Å². The van der Waals surface area contributed by atoms with E-state index >= 15 is 0 Å². The molecule has 1 aliphatic rings. The molecule has 46 valence electrons. The van der Waals surface area contributed by atoms with Crippen molar-refractivity contribution in [2.45, 2.75) is 6.23 Å². The van der Waals surface area contributed by atoms with Crippen molar-refractivity contribution in [3.05, 3.63) is 0 Å². The Morgan fingerprint density at radius 3 is 2.88 bits per heavy atom. The highest BCUT2D eigenvalue weighted by Gasteiger charge is 2.09. The lowest BCUT2D eigenvalue weighted by Gasteiger charge is -2.02. The Balaban J connectivity index is 2.45. The standard InChI is InChI=1S/C4H9N3O/c5-3(8)4-6-1-2-7-4/h3,8H,1-2,5H2,(H,6,7). The highest BCUT2D eigenvalue weighted by Crippen LogP contribution is 1.85. The molecule has 1 atom stereocenters. The molecule has 0 fully saturated rings. The maximum absolute atomic E-state index is 8.64. The van der Waals surface area contributed by atoms with Gasteiger partial charge in [0.05, 0.1) is 6.54 Å². The van der Waals surface area contributed by atoms with Crippen LogP contribution in [0, 0.1) is 0 Å². The molecule has 0 bridgehead atoms. The summed E-state index contributed by atoms with van der Waals surface area (Å²) in [5, 5.41) is 11.5. The van der Waals surface area contributed by atoms with Crippen LogP contribution in [0.1, 0.15) is 0 Å². The fourth-order valence-electron chi connectivity index (χ4n) is 0.614. The fourth-order valence-corrected chi connectivity index (χ4v) is 0.614. The molecule has 1 rings (SSSR count). The average molecular weight is 115 g/mol. The number of nitrogens with zero attached hydrogens (tertiary/aromatic N) is 1. The molecule has 0 aliphatic carbocycles. The van der Waals surface area contributed by atoms with Crippen LogP contribution in [0.3, 0.4) is 0 Å². The van der Waals surface area contributed by atoms with Gasteiger partial charge in [-0.1, -0.05) is 0 Å². The predicted octanol–water partition coefficient (Wildman–Crippen LogP) is -1.73. The Kier molecular flexibility index (Phi) is 1.45. The number of nitrogens with one attached hydrogen (secondary N) is 1. The van der Waals surface area contributed by atoms with E-state index in [4.69, 9.17) is 10.8 Å². The van der Waals surface area contributed by atoms with Crippen LogP contribution < -0.4 is 11.1 Å². The van der Waals surface area contributed by atoms with Crippen LogP contribution in [0.15, 0.2) is 4.99 Å². The number of aliphatic hydroxyl groups excluding tert-OH is 1. The summed E-state index contributed by atoms with van der Waals surface area (Å²) < 4.78 is 0. The van der Waals surface area contributed by atoms with E-state index < -0.39 is 6.23 Å². The molecule has 0 spiro atoms. The normalized spacial score (nSPS) is 22.0. The van der Waals surface area contributed by atoms with Crippen molar-refractivity contribution < 1.29 is 5.11 Å². The summed E-state index contributed by atoms with van der Waals surface area (Å²) in [7, 11) is 0. The molecule has 0 saturated heterocycles. The lowest BCUT2D eigenvalue weighted by atomic mass is 10.5. The van der Waals surface area contributed by atoms with Gasteiger partial charge in [0.1, 0.15) is 5.84 Å². The number of rotatable bonds is 1. The molecule has 4 N–H and O–H groups in total. The van der Waals surface area contributed by atoms with Crippen LogP contribution in [0.2, 0.25) is 0 Å². The Bertz CT molecular complexity index is 110. The van der Waals surface area contributed by atoms with Gasteiger partial charge in [-0.15, -0.1) is 0 Å². The van der Waals surface area contributed by atoms with Gasteiger partial charge in [0.15, 0.2) is 6.23 Å². The van der Waals surface area contributed by atoms with Gasteiger partial charge in [-0.05, 0) is 0 Å². The summed E-state index contributed by atoms with van der Waals surface area (Å²) in [6.07, 6.45) is -0.919. The van der Waals surface area contributed by atoms with Crippen LogP contribution >= 0.6 is 0 Å². The van der Waals surface area contributed by atoms with Crippen molar-refractivity contribution in [2.75, 3.05) is 13.1 Å². The van der Waals surface area contributed by atoms with Gasteiger partial charge in [-0.3, -0.25) is 10.7 Å². The molecule has 0 aromatic heterocycles. The number of nitrogens with two attached hydrogens (primary N) is 1. The first-order valence-electron chi connectivity index (χ1n) is 2.52. The third-order valence-electron chi connectivity index (χ3n) is 0.980. The van der Waals surface area contributed by atoms with Crippen molar-refractivity contribution >= 4 is 5.84 Å². The fraction of sp³-hybridized carbons (Fsp3) is 0.750. The second kappa shape index (κ2) is 2.11. The molecule has 0 amide bonds. The third-order valence-corrected chi connectivity index (χ3v) is 0.980. The van der Waals surface area contributed by atoms with Gasteiger partial charge in [-0.25, -0.2) is 0 Å². The van der Waals surface area contributed by atoms with E-state index in [-0.39, 0.29) is 0 Å². The summed E-state index contributed by atoms with van der Waals surface area (Å²) >= 11 is 0. The minimum absolute atomic E-state index is 0.505. The average Bonchev–Trinajstić information content (AvgIpc) is 2.12. The monoisotopic (exact) mass is 115 g/mol. The zero-order valence-corrected chi connectivity index (χ0v) is 4.46. The molecule has 1 aliphatic heterocycles. The number of aliphatic imine (C=N–C) groups is 1. The Morgan fingerprint density at radius 1 is 1.88 bits per heavy atom. The van der Waals surface area contributed by atoms with E-state index in [1.165, 1.54) is 0 Å². The van der Waals surface area contributed by atoms with Gasteiger partial charge in [0, 0.05) is 6.54 Å². The third kappa shape index (κ3) is 0.962. The number of aliphatic hydroxyl groups is 1. The zero-order chi connectivity index (χ0) is 5.98. The summed E-state index contributed by atoms with van der Waals surface area (Å²) in [5.74, 6) is 0.505. The zero-order valence-electron chi connectivity index (χ0n) is 4.46. The predicted molar refractivity (Wildman–Crippen MR) is 30.5 cm³/mol. The van der Waals surface area contributed by atoms with Gasteiger partial charge >= 0.3 is 0 Å². The van der Waals surface area contributed by atoms with Crippen molar-refractivity contribution in [3.63, 3.8) is 0 Å².